The van der Waals surface area contributed by atoms with Crippen molar-refractivity contribution in [1.29, 1.82) is 0 Å². The van der Waals surface area contributed by atoms with Gasteiger partial charge in [-0.25, -0.2) is 4.98 Å². The van der Waals surface area contributed by atoms with Crippen molar-refractivity contribution in [3.8, 4) is 0 Å². The standard InChI is InChI=1S/C11H19N3O2/c1-10-8-12-11(14(10)2-5-15)9-13-3-6-16-7-4-13/h8,15H,2-7,9H2,1H3. The highest BCUT2D eigenvalue weighted by atomic mass is 16.5. The molecule has 0 atom stereocenters. The maximum Gasteiger partial charge on any atom is 0.123 e. The summed E-state index contributed by atoms with van der Waals surface area (Å²) in [4.78, 5) is 6.73. The Morgan fingerprint density at radius 3 is 2.88 bits per heavy atom. The molecule has 0 amide bonds. The predicted octanol–water partition coefficient (Wildman–Crippen LogP) is 0.0160. The Kier molecular flexibility index (Phi) is 3.93. The third kappa shape index (κ3) is 2.61. The van der Waals surface area contributed by atoms with E-state index in [-0.39, 0.29) is 6.61 Å². The van der Waals surface area contributed by atoms with E-state index in [4.69, 9.17) is 9.84 Å². The molecule has 0 bridgehead atoms. The molecule has 2 heterocycles. The van der Waals surface area contributed by atoms with Gasteiger partial charge >= 0.3 is 0 Å². The van der Waals surface area contributed by atoms with E-state index in [0.29, 0.717) is 6.54 Å². The van der Waals surface area contributed by atoms with Gasteiger partial charge in [-0.1, -0.05) is 0 Å². The fraction of sp³-hybridized carbons (Fsp3) is 0.727. The van der Waals surface area contributed by atoms with Gasteiger partial charge in [0, 0.05) is 31.5 Å². The second-order valence-electron chi connectivity index (χ2n) is 4.08. The van der Waals surface area contributed by atoms with Crippen LogP contribution >= 0.6 is 0 Å². The van der Waals surface area contributed by atoms with Crippen molar-refractivity contribution in [2.75, 3.05) is 32.9 Å². The van der Waals surface area contributed by atoms with E-state index in [9.17, 15) is 0 Å². The van der Waals surface area contributed by atoms with Crippen LogP contribution < -0.4 is 0 Å². The van der Waals surface area contributed by atoms with Crippen molar-refractivity contribution in [3.63, 3.8) is 0 Å². The first kappa shape index (κ1) is 11.6. The van der Waals surface area contributed by atoms with Gasteiger partial charge in [0.25, 0.3) is 0 Å². The van der Waals surface area contributed by atoms with E-state index in [1.165, 1.54) is 0 Å². The Bertz CT molecular complexity index is 332. The third-order valence-corrected chi connectivity index (χ3v) is 2.93. The first-order chi connectivity index (χ1) is 7.81. The Morgan fingerprint density at radius 1 is 1.44 bits per heavy atom. The maximum atomic E-state index is 9.01. The van der Waals surface area contributed by atoms with Crippen molar-refractivity contribution in [3.05, 3.63) is 17.7 Å². The zero-order chi connectivity index (χ0) is 11.4. The summed E-state index contributed by atoms with van der Waals surface area (Å²) in [6, 6.07) is 0. The van der Waals surface area contributed by atoms with Gasteiger partial charge in [-0.15, -0.1) is 0 Å². The van der Waals surface area contributed by atoms with Gasteiger partial charge in [0.15, 0.2) is 0 Å². The molecule has 1 aliphatic rings. The van der Waals surface area contributed by atoms with Crippen LogP contribution in [-0.2, 0) is 17.8 Å². The van der Waals surface area contributed by atoms with Crippen LogP contribution in [0.25, 0.3) is 0 Å². The number of aromatic nitrogens is 2. The van der Waals surface area contributed by atoms with Gasteiger partial charge in [0.2, 0.25) is 0 Å². The van der Waals surface area contributed by atoms with Crippen LogP contribution in [0.2, 0.25) is 0 Å². The minimum Gasteiger partial charge on any atom is -0.395 e. The number of hydrogen-bond acceptors (Lipinski definition) is 4. The Balaban J connectivity index is 2.02. The van der Waals surface area contributed by atoms with E-state index < -0.39 is 0 Å². The molecule has 0 aliphatic carbocycles. The number of ether oxygens (including phenoxy) is 1. The molecule has 1 aliphatic heterocycles. The van der Waals surface area contributed by atoms with Crippen LogP contribution in [0, 0.1) is 6.92 Å². The van der Waals surface area contributed by atoms with Crippen LogP contribution in [-0.4, -0.2) is 52.5 Å². The summed E-state index contributed by atoms with van der Waals surface area (Å²) in [7, 11) is 0. The molecule has 1 saturated heterocycles. The van der Waals surface area contributed by atoms with Crippen molar-refractivity contribution in [2.24, 2.45) is 0 Å². The molecular weight excluding hydrogens is 206 g/mol. The molecule has 1 fully saturated rings. The lowest BCUT2D eigenvalue weighted by molar-refractivity contribution is 0.0324. The van der Waals surface area contributed by atoms with Crippen LogP contribution in [0.15, 0.2) is 6.20 Å². The average Bonchev–Trinajstić information content (AvgIpc) is 2.64. The molecule has 5 nitrogen and oxygen atoms in total. The topological polar surface area (TPSA) is 50.5 Å². The van der Waals surface area contributed by atoms with Gasteiger partial charge in [-0.05, 0) is 6.92 Å². The smallest absolute Gasteiger partial charge is 0.123 e. The van der Waals surface area contributed by atoms with Crippen molar-refractivity contribution < 1.29 is 9.84 Å². The number of aliphatic hydroxyl groups excluding tert-OH is 1. The molecule has 0 saturated carbocycles. The highest BCUT2D eigenvalue weighted by Gasteiger charge is 2.14. The van der Waals surface area contributed by atoms with Crippen LogP contribution in [0.3, 0.4) is 0 Å². The summed E-state index contributed by atoms with van der Waals surface area (Å²) in [5, 5.41) is 9.01. The summed E-state index contributed by atoms with van der Waals surface area (Å²) >= 11 is 0. The molecule has 1 N–H and O–H groups in total. The lowest BCUT2D eigenvalue weighted by Gasteiger charge is -2.26. The van der Waals surface area contributed by atoms with Gasteiger partial charge in [-0.2, -0.15) is 0 Å². The Labute approximate surface area is 95.7 Å². The molecular formula is C11H19N3O2. The lowest BCUT2D eigenvalue weighted by Crippen LogP contribution is -2.36. The zero-order valence-electron chi connectivity index (χ0n) is 9.72. The fourth-order valence-corrected chi connectivity index (χ4v) is 2.00. The van der Waals surface area contributed by atoms with Crippen molar-refractivity contribution >= 4 is 0 Å². The predicted molar refractivity (Wildman–Crippen MR) is 60.1 cm³/mol. The molecule has 0 aromatic carbocycles. The van der Waals surface area contributed by atoms with E-state index in [1.807, 2.05) is 13.1 Å². The molecule has 2 rings (SSSR count). The average molecular weight is 225 g/mol. The van der Waals surface area contributed by atoms with Crippen molar-refractivity contribution in [1.82, 2.24) is 14.5 Å². The SMILES string of the molecule is Cc1cnc(CN2CCOCC2)n1CCO. The molecule has 0 radical (unpaired) electrons. The summed E-state index contributed by atoms with van der Waals surface area (Å²) in [5.41, 5.74) is 1.11. The number of nitrogens with zero attached hydrogens (tertiary/aromatic N) is 3. The lowest BCUT2D eigenvalue weighted by atomic mass is 10.4. The normalized spacial score (nSPS) is 17.9. The second-order valence-corrected chi connectivity index (χ2v) is 4.08. The minimum absolute atomic E-state index is 0.160. The number of rotatable bonds is 4. The number of imidazole rings is 1. The Morgan fingerprint density at radius 2 is 2.19 bits per heavy atom. The molecule has 90 valence electrons. The molecule has 1 aromatic heterocycles. The monoisotopic (exact) mass is 225 g/mol. The van der Waals surface area contributed by atoms with Crippen molar-refractivity contribution in [2.45, 2.75) is 20.0 Å². The van der Waals surface area contributed by atoms with Crippen LogP contribution in [0.5, 0.6) is 0 Å². The molecule has 16 heavy (non-hydrogen) atoms. The van der Waals surface area contributed by atoms with E-state index >= 15 is 0 Å². The van der Waals surface area contributed by atoms with Gasteiger partial charge in [0.05, 0.1) is 26.4 Å². The van der Waals surface area contributed by atoms with Gasteiger partial charge in [-0.3, -0.25) is 4.90 Å². The number of hydrogen-bond donors (Lipinski definition) is 1. The van der Waals surface area contributed by atoms with E-state index in [2.05, 4.69) is 14.5 Å². The quantitative estimate of drug-likeness (QED) is 0.784. The zero-order valence-corrected chi connectivity index (χ0v) is 9.72. The minimum atomic E-state index is 0.160. The second kappa shape index (κ2) is 5.43. The third-order valence-electron chi connectivity index (χ3n) is 2.93. The first-order valence-corrected chi connectivity index (χ1v) is 5.73. The maximum absolute atomic E-state index is 9.01. The van der Waals surface area contributed by atoms with Crippen LogP contribution in [0.1, 0.15) is 11.5 Å². The number of aryl methyl sites for hydroxylation is 1. The summed E-state index contributed by atoms with van der Waals surface area (Å²) in [6.45, 7) is 7.19. The molecule has 1 aromatic rings. The Hall–Kier alpha value is -0.910. The number of aliphatic hydroxyl groups is 1. The van der Waals surface area contributed by atoms with Gasteiger partial charge < -0.3 is 14.4 Å². The number of morpholine rings is 1. The summed E-state index contributed by atoms with van der Waals surface area (Å²) in [6.07, 6.45) is 1.87. The summed E-state index contributed by atoms with van der Waals surface area (Å²) < 4.78 is 7.39. The molecule has 0 unspecified atom stereocenters. The highest BCUT2D eigenvalue weighted by Crippen LogP contribution is 2.08. The largest absolute Gasteiger partial charge is 0.395 e. The van der Waals surface area contributed by atoms with E-state index in [1.54, 1.807) is 0 Å². The first-order valence-electron chi connectivity index (χ1n) is 5.73. The molecule has 0 spiro atoms. The van der Waals surface area contributed by atoms with Crippen LogP contribution in [0.4, 0.5) is 0 Å². The molecule has 5 heteroatoms. The fourth-order valence-electron chi connectivity index (χ4n) is 2.00. The highest BCUT2D eigenvalue weighted by molar-refractivity contribution is 5.03. The van der Waals surface area contributed by atoms with Gasteiger partial charge in [0.1, 0.15) is 5.82 Å². The summed E-state index contributed by atoms with van der Waals surface area (Å²) in [5.74, 6) is 1.04. The van der Waals surface area contributed by atoms with E-state index in [0.717, 1.165) is 44.4 Å².